The molecule has 0 radical (unpaired) electrons. The molecule has 1 aliphatic heterocycles. The fourth-order valence-corrected chi connectivity index (χ4v) is 3.12. The minimum Gasteiger partial charge on any atom is -0.363 e. The molecular weight excluding hydrogens is 378 g/mol. The van der Waals surface area contributed by atoms with Crippen molar-refractivity contribution in [3.05, 3.63) is 64.1 Å². The van der Waals surface area contributed by atoms with E-state index in [9.17, 15) is 13.6 Å². The molecule has 2 aromatic rings. The third-order valence-electron chi connectivity index (χ3n) is 4.15. The number of carbonyl (C=O) groups excluding carboxylic acids is 1. The van der Waals surface area contributed by atoms with Crippen molar-refractivity contribution < 1.29 is 13.6 Å². The van der Waals surface area contributed by atoms with Gasteiger partial charge in [-0.25, -0.2) is 8.78 Å². The van der Waals surface area contributed by atoms with Crippen molar-refractivity contribution in [1.82, 2.24) is 4.90 Å². The van der Waals surface area contributed by atoms with Gasteiger partial charge < -0.3 is 9.80 Å². The molecule has 2 aromatic carbocycles. The molecule has 0 aromatic heterocycles. The number of para-hydroxylation sites is 1. The smallest absolute Gasteiger partial charge is 0.227 e. The maximum atomic E-state index is 13.8. The normalized spacial score (nSPS) is 14.8. The molecule has 1 amide bonds. The summed E-state index contributed by atoms with van der Waals surface area (Å²) in [6.07, 6.45) is 0.335. The van der Waals surface area contributed by atoms with E-state index in [-0.39, 0.29) is 11.6 Å². The summed E-state index contributed by atoms with van der Waals surface area (Å²) in [5, 5.41) is 0. The van der Waals surface area contributed by atoms with Crippen LogP contribution in [0.3, 0.4) is 0 Å². The van der Waals surface area contributed by atoms with Crippen LogP contribution in [0.1, 0.15) is 5.56 Å². The summed E-state index contributed by atoms with van der Waals surface area (Å²) in [5.41, 5.74) is 0.947. The summed E-state index contributed by atoms with van der Waals surface area (Å²) in [4.78, 5) is 15.8. The van der Waals surface area contributed by atoms with Crippen molar-refractivity contribution in [3.63, 3.8) is 0 Å². The van der Waals surface area contributed by atoms with Gasteiger partial charge in [-0.05, 0) is 29.8 Å². The lowest BCUT2D eigenvalue weighted by Gasteiger charge is -2.36. The van der Waals surface area contributed by atoms with Crippen LogP contribution >= 0.6 is 15.9 Å². The maximum Gasteiger partial charge on any atom is 0.227 e. The van der Waals surface area contributed by atoms with E-state index >= 15 is 0 Å². The lowest BCUT2D eigenvalue weighted by Crippen LogP contribution is -2.49. The molecule has 1 saturated heterocycles. The molecule has 0 spiro atoms. The average Bonchev–Trinajstić information content (AvgIpc) is 2.57. The number of carbonyl (C=O) groups is 1. The molecule has 0 saturated carbocycles. The van der Waals surface area contributed by atoms with Crippen LogP contribution < -0.4 is 4.90 Å². The number of anilines is 1. The van der Waals surface area contributed by atoms with Gasteiger partial charge in [0.15, 0.2) is 0 Å². The Kier molecular flexibility index (Phi) is 5.14. The van der Waals surface area contributed by atoms with Gasteiger partial charge in [-0.3, -0.25) is 4.79 Å². The molecule has 0 bridgehead atoms. The minimum absolute atomic E-state index is 0.00231. The first-order chi connectivity index (χ1) is 11.5. The van der Waals surface area contributed by atoms with Gasteiger partial charge in [-0.2, -0.15) is 0 Å². The fraction of sp³-hybridized carbons (Fsp3) is 0.278. The molecule has 6 heteroatoms. The Bertz CT molecular complexity index is 708. The quantitative estimate of drug-likeness (QED) is 0.793. The predicted octanol–water partition coefficient (Wildman–Crippen LogP) is 3.62. The molecule has 0 atom stereocenters. The number of rotatable bonds is 3. The van der Waals surface area contributed by atoms with E-state index in [1.165, 1.54) is 18.2 Å². The van der Waals surface area contributed by atoms with Gasteiger partial charge in [0, 0.05) is 30.7 Å². The van der Waals surface area contributed by atoms with Gasteiger partial charge in [0.1, 0.15) is 17.3 Å². The summed E-state index contributed by atoms with van der Waals surface area (Å²) in [5.74, 6) is -1.10. The second kappa shape index (κ2) is 7.30. The zero-order chi connectivity index (χ0) is 17.1. The average molecular weight is 395 g/mol. The number of benzene rings is 2. The number of halogens is 3. The summed E-state index contributed by atoms with van der Waals surface area (Å²) in [7, 11) is 0. The monoisotopic (exact) mass is 394 g/mol. The van der Waals surface area contributed by atoms with Gasteiger partial charge in [0.2, 0.25) is 5.91 Å². The second-order valence-corrected chi connectivity index (χ2v) is 6.66. The van der Waals surface area contributed by atoms with Crippen LogP contribution in [0.2, 0.25) is 0 Å². The molecular formula is C18H17BrF2N2O. The zero-order valence-electron chi connectivity index (χ0n) is 13.0. The van der Waals surface area contributed by atoms with Crippen LogP contribution in [-0.2, 0) is 11.2 Å². The highest BCUT2D eigenvalue weighted by molar-refractivity contribution is 9.10. The zero-order valence-corrected chi connectivity index (χ0v) is 14.6. The fourth-order valence-electron chi connectivity index (χ4n) is 2.86. The Balaban J connectivity index is 1.60. The van der Waals surface area contributed by atoms with Gasteiger partial charge in [-0.1, -0.05) is 34.1 Å². The third kappa shape index (κ3) is 3.75. The van der Waals surface area contributed by atoms with Gasteiger partial charge in [-0.15, -0.1) is 0 Å². The van der Waals surface area contributed by atoms with E-state index in [0.29, 0.717) is 32.6 Å². The van der Waals surface area contributed by atoms with Gasteiger partial charge in [0.25, 0.3) is 0 Å². The molecule has 1 fully saturated rings. The minimum atomic E-state index is -0.565. The number of amides is 1. The van der Waals surface area contributed by atoms with E-state index in [0.717, 1.165) is 10.0 Å². The van der Waals surface area contributed by atoms with Crippen LogP contribution in [0.15, 0.2) is 46.9 Å². The highest BCUT2D eigenvalue weighted by atomic mass is 79.9. The number of nitrogens with zero attached hydrogens (tertiary/aromatic N) is 2. The van der Waals surface area contributed by atoms with E-state index in [1.807, 2.05) is 24.3 Å². The Labute approximate surface area is 148 Å². The first-order valence-corrected chi connectivity index (χ1v) is 8.55. The SMILES string of the molecule is O=C(Cc1ccc(Br)cc1)N1CCN(c2c(F)cccc2F)CC1. The number of piperazine rings is 1. The molecule has 0 unspecified atom stereocenters. The molecule has 3 nitrogen and oxygen atoms in total. The van der Waals surface area contributed by atoms with Crippen molar-refractivity contribution >= 4 is 27.5 Å². The Morgan fingerprint density at radius 1 is 0.958 bits per heavy atom. The van der Waals surface area contributed by atoms with Crippen molar-refractivity contribution in [3.8, 4) is 0 Å². The largest absolute Gasteiger partial charge is 0.363 e. The Morgan fingerprint density at radius 2 is 1.54 bits per heavy atom. The van der Waals surface area contributed by atoms with Crippen molar-refractivity contribution in [2.24, 2.45) is 0 Å². The number of hydrogen-bond donors (Lipinski definition) is 0. The van der Waals surface area contributed by atoms with Crippen LogP contribution in [-0.4, -0.2) is 37.0 Å². The number of hydrogen-bond acceptors (Lipinski definition) is 2. The summed E-state index contributed by atoms with van der Waals surface area (Å²) < 4.78 is 28.7. The second-order valence-electron chi connectivity index (χ2n) is 5.74. The van der Waals surface area contributed by atoms with Crippen LogP contribution in [0, 0.1) is 11.6 Å². The topological polar surface area (TPSA) is 23.6 Å². The highest BCUT2D eigenvalue weighted by Gasteiger charge is 2.24. The molecule has 1 heterocycles. The molecule has 1 aliphatic rings. The van der Waals surface area contributed by atoms with Gasteiger partial charge in [0.05, 0.1) is 6.42 Å². The third-order valence-corrected chi connectivity index (χ3v) is 4.68. The lowest BCUT2D eigenvalue weighted by molar-refractivity contribution is -0.130. The van der Waals surface area contributed by atoms with Crippen LogP contribution in [0.25, 0.3) is 0 Å². The molecule has 126 valence electrons. The lowest BCUT2D eigenvalue weighted by atomic mass is 10.1. The summed E-state index contributed by atoms with van der Waals surface area (Å²) >= 11 is 3.37. The first-order valence-electron chi connectivity index (χ1n) is 7.76. The highest BCUT2D eigenvalue weighted by Crippen LogP contribution is 2.24. The molecule has 3 rings (SSSR count). The van der Waals surface area contributed by atoms with Crippen molar-refractivity contribution in [2.75, 3.05) is 31.1 Å². The maximum absolute atomic E-state index is 13.8. The first kappa shape index (κ1) is 16.9. The summed E-state index contributed by atoms with van der Waals surface area (Å²) in [6.45, 7) is 1.76. The van der Waals surface area contributed by atoms with Crippen molar-refractivity contribution in [2.45, 2.75) is 6.42 Å². The molecule has 0 N–H and O–H groups in total. The van der Waals surface area contributed by atoms with E-state index < -0.39 is 11.6 Å². The van der Waals surface area contributed by atoms with Crippen LogP contribution in [0.5, 0.6) is 0 Å². The van der Waals surface area contributed by atoms with Gasteiger partial charge >= 0.3 is 0 Å². The van der Waals surface area contributed by atoms with E-state index in [2.05, 4.69) is 15.9 Å². The standard InChI is InChI=1S/C18H17BrF2N2O/c19-14-6-4-13(5-7-14)12-17(24)22-8-10-23(11-9-22)18-15(20)2-1-3-16(18)21/h1-7H,8-12H2. The Morgan fingerprint density at radius 3 is 2.12 bits per heavy atom. The van der Waals surface area contributed by atoms with Crippen LogP contribution in [0.4, 0.5) is 14.5 Å². The Hall–Kier alpha value is -1.95. The molecule has 0 aliphatic carbocycles. The summed E-state index contributed by atoms with van der Waals surface area (Å²) in [6, 6.07) is 11.5. The van der Waals surface area contributed by atoms with E-state index in [1.54, 1.807) is 9.80 Å². The van der Waals surface area contributed by atoms with E-state index in [4.69, 9.17) is 0 Å². The molecule has 24 heavy (non-hydrogen) atoms. The van der Waals surface area contributed by atoms with Crippen molar-refractivity contribution in [1.29, 1.82) is 0 Å². The predicted molar refractivity (Wildman–Crippen MR) is 93.0 cm³/mol.